The second-order valence-corrected chi connectivity index (χ2v) is 20.9. The van der Waals surface area contributed by atoms with Gasteiger partial charge in [0.15, 0.2) is 37.7 Å². The van der Waals surface area contributed by atoms with Gasteiger partial charge in [0.25, 0.3) is 0 Å². The fraction of sp³-hybridized carbons (Fsp3) is 0.957. The number of aliphatic hydroxyl groups excluding tert-OH is 22. The van der Waals surface area contributed by atoms with Crippen molar-refractivity contribution in [3.63, 3.8) is 0 Å². The van der Waals surface area contributed by atoms with Crippen molar-refractivity contribution in [3.8, 4) is 0 Å². The highest BCUT2D eigenvalue weighted by molar-refractivity contribution is 5.73. The minimum Gasteiger partial charge on any atom is -0.394 e. The topological polar surface area (TPSA) is 614 Å². The Labute approximate surface area is 475 Å². The Morgan fingerprint density at radius 2 is 0.774 bits per heavy atom. The highest BCUT2D eigenvalue weighted by atomic mass is 16.8. The summed E-state index contributed by atoms with van der Waals surface area (Å²) < 4.78 is 68.6. The minimum atomic E-state index is -2.36. The number of carbonyl (C=O) groups is 2. The summed E-state index contributed by atoms with van der Waals surface area (Å²) in [5.74, 6) is -1.67. The van der Waals surface area contributed by atoms with Gasteiger partial charge in [-0.1, -0.05) is 0 Å². The van der Waals surface area contributed by atoms with Gasteiger partial charge in [0.2, 0.25) is 11.8 Å². The van der Waals surface area contributed by atoms with E-state index in [2.05, 4.69) is 10.6 Å². The quantitative estimate of drug-likeness (QED) is 0.0404. The van der Waals surface area contributed by atoms with Crippen LogP contribution in [0, 0.1) is 0 Å². The molecule has 0 radical (unpaired) electrons. The van der Waals surface area contributed by atoms with Gasteiger partial charge in [0.05, 0.1) is 58.9 Å². The van der Waals surface area contributed by atoms with E-state index in [-0.39, 0.29) is 0 Å². The normalized spacial score (nSPS) is 46.4. The van der Waals surface area contributed by atoms with Crippen molar-refractivity contribution < 1.29 is 179 Å². The molecule has 38 heteroatoms. The monoisotopic (exact) mass is 1240 g/mol. The molecule has 24 N–H and O–H groups in total. The van der Waals surface area contributed by atoms with Crippen molar-refractivity contribution in [1.82, 2.24) is 10.6 Å². The van der Waals surface area contributed by atoms with Crippen LogP contribution in [0.4, 0.5) is 0 Å². The molecule has 84 heavy (non-hydrogen) atoms. The lowest BCUT2D eigenvalue weighted by Crippen LogP contribution is -2.69. The van der Waals surface area contributed by atoms with Crippen LogP contribution in [0.3, 0.4) is 0 Å². The molecule has 0 unspecified atom stereocenters. The lowest BCUT2D eigenvalue weighted by Gasteiger charge is -2.49. The first-order chi connectivity index (χ1) is 39.7. The van der Waals surface area contributed by atoms with Crippen LogP contribution in [0.5, 0.6) is 0 Å². The molecule has 0 aromatic rings. The molecule has 0 saturated carbocycles. The molecule has 38 nitrogen and oxygen atoms in total. The van der Waals surface area contributed by atoms with E-state index in [1.807, 2.05) is 0 Å². The van der Waals surface area contributed by atoms with Gasteiger partial charge in [-0.15, -0.1) is 0 Å². The Morgan fingerprint density at radius 1 is 0.405 bits per heavy atom. The smallest absolute Gasteiger partial charge is 0.217 e. The molecule has 2 amide bonds. The van der Waals surface area contributed by atoms with Gasteiger partial charge in [0.1, 0.15) is 165 Å². The number of ether oxygens (including phenoxy) is 12. The van der Waals surface area contributed by atoms with Crippen LogP contribution < -0.4 is 10.6 Å². The van der Waals surface area contributed by atoms with Crippen LogP contribution >= 0.6 is 0 Å². The van der Waals surface area contributed by atoms with E-state index in [1.165, 1.54) is 0 Å². The molecule has 0 aromatic carbocycles. The molecular weight excluding hydrogens is 1160 g/mol. The average molecular weight is 1240 g/mol. The highest BCUT2D eigenvalue weighted by Gasteiger charge is 2.57. The van der Waals surface area contributed by atoms with Crippen LogP contribution in [-0.2, 0) is 66.4 Å². The molecule has 0 aliphatic carbocycles. The van der Waals surface area contributed by atoms with E-state index >= 15 is 0 Å². The molecule has 34 atom stereocenters. The van der Waals surface area contributed by atoms with Crippen LogP contribution in [0.25, 0.3) is 0 Å². The number of nitrogens with one attached hydrogen (secondary N) is 2. The fourth-order valence-corrected chi connectivity index (χ4v) is 10.2. The third-order valence-electron chi connectivity index (χ3n) is 15.0. The zero-order valence-electron chi connectivity index (χ0n) is 44.8. The summed E-state index contributed by atoms with van der Waals surface area (Å²) in [7, 11) is 0. The number of amides is 2. The van der Waals surface area contributed by atoms with Gasteiger partial charge in [-0.25, -0.2) is 0 Å². The molecule has 6 aliphatic heterocycles. The van der Waals surface area contributed by atoms with Crippen LogP contribution in [0.2, 0.25) is 0 Å². The summed E-state index contributed by atoms with van der Waals surface area (Å²) in [5.41, 5.74) is 0. The molecule has 6 saturated heterocycles. The summed E-state index contributed by atoms with van der Waals surface area (Å²) >= 11 is 0. The lowest BCUT2D eigenvalue weighted by atomic mass is 9.94. The maximum absolute atomic E-state index is 12.6. The number of hydrogen-bond acceptors (Lipinski definition) is 36. The zero-order chi connectivity index (χ0) is 62.3. The van der Waals surface area contributed by atoms with Gasteiger partial charge in [-0.05, 0) is 0 Å². The second-order valence-electron chi connectivity index (χ2n) is 20.9. The maximum atomic E-state index is 12.6. The summed E-state index contributed by atoms with van der Waals surface area (Å²) in [6, 6.07) is -3.43. The van der Waals surface area contributed by atoms with E-state index in [9.17, 15) is 122 Å². The lowest BCUT2D eigenvalue weighted by molar-refractivity contribution is -0.386. The Hall–Kier alpha value is -2.42. The highest BCUT2D eigenvalue weighted by Crippen LogP contribution is 2.36. The summed E-state index contributed by atoms with van der Waals surface area (Å²) in [5, 5.41) is 240. The number of carbonyl (C=O) groups excluding carboxylic acids is 2. The van der Waals surface area contributed by atoms with E-state index in [0.29, 0.717) is 0 Å². The maximum Gasteiger partial charge on any atom is 0.217 e. The molecule has 6 heterocycles. The predicted molar refractivity (Wildman–Crippen MR) is 257 cm³/mol. The largest absolute Gasteiger partial charge is 0.394 e. The summed E-state index contributed by atoms with van der Waals surface area (Å²) in [4.78, 5) is 24.5. The van der Waals surface area contributed by atoms with Crippen molar-refractivity contribution >= 4 is 11.8 Å². The standard InChI is InChI=1S/C46H80N2O36/c1-11(55)47-13(3-49)22(58)37(14(57)4-50)81-41-21(48-12(2)56)28(64)38(18(8-54)78-41)82-46-36(72)40(84-45-34(70)31(67)25(61)17(7-53)77-45)27(63)20(80-46)10-74-43-35(71)39(83-44-33(69)30(66)24(60)16(6-52)76-44)26(62)19(79-43)9-73-42-32(68)29(65)23(59)15(5-51)75-42/h13-46,49-54,57-72H,3-10H2,1-2H3,(H,47,55)(H,48,56)/t13-,14+,15+,16+,17+,18+,19+,20+,21+,22+,23+,24+,25+,26+,27+,28+,29-,30-,31-,32-,33-,34-,35-,36-,37+,38+,39-,40-,41-,42-,43-,44+,45+,46-/m0/s1. The molecule has 490 valence electrons. The first kappa shape index (κ1) is 70.7. The average Bonchev–Trinajstić information content (AvgIpc) is 2.62. The Morgan fingerprint density at radius 3 is 1.19 bits per heavy atom. The molecule has 0 aromatic heterocycles. The van der Waals surface area contributed by atoms with Crippen LogP contribution in [-0.4, -0.2) is 386 Å². The van der Waals surface area contributed by atoms with Gasteiger partial charge in [0, 0.05) is 13.8 Å². The van der Waals surface area contributed by atoms with Crippen molar-refractivity contribution in [2.24, 2.45) is 0 Å². The summed E-state index contributed by atoms with van der Waals surface area (Å²) in [6.45, 7) is -6.08. The predicted octanol–water partition coefficient (Wildman–Crippen LogP) is -16.4. The van der Waals surface area contributed by atoms with Crippen LogP contribution in [0.15, 0.2) is 0 Å². The molecule has 6 fully saturated rings. The Kier molecular flexibility index (Phi) is 26.4. The van der Waals surface area contributed by atoms with E-state index in [0.717, 1.165) is 13.8 Å². The summed E-state index contributed by atoms with van der Waals surface area (Å²) in [6.07, 6.45) is -64.6. The Balaban J connectivity index is 1.31. The molecule has 0 spiro atoms. The molecular formula is C46H80N2O36. The Bertz CT molecular complexity index is 2010. The van der Waals surface area contributed by atoms with E-state index in [1.54, 1.807) is 0 Å². The van der Waals surface area contributed by atoms with E-state index < -0.39 is 273 Å². The van der Waals surface area contributed by atoms with Gasteiger partial charge in [-0.2, -0.15) is 0 Å². The van der Waals surface area contributed by atoms with Crippen LogP contribution in [0.1, 0.15) is 13.8 Å². The number of rotatable bonds is 25. The SMILES string of the molecule is CC(=O)N[C@H]1[C@H](O[C@@H]([C@H](O)[C@H](CO)NC(C)=O)[C@H](O)CO)O[C@H](CO)[C@@H](O[C@@H]2O[C@H](CO[C@H]3O[C@H](CO[C@H]4O[C@H](CO)[C@@H](O)[C@H](O)[C@@H]4O)[C@@H](O)[C@H](O[C@H]4O[C@H](CO)[C@@H](O)[C@H](O)[C@@H]4O)[C@@H]3O)[C@@H](O)[C@H](O[C@H]3O[C@H](CO)[C@@H](O)[C@H](O)[C@@H]3O)[C@@H]2O)[C@@H]1O. The van der Waals surface area contributed by atoms with E-state index in [4.69, 9.17) is 56.8 Å². The van der Waals surface area contributed by atoms with Gasteiger partial charge >= 0.3 is 0 Å². The van der Waals surface area contributed by atoms with Crippen molar-refractivity contribution in [2.45, 2.75) is 222 Å². The molecule has 0 bridgehead atoms. The van der Waals surface area contributed by atoms with Crippen molar-refractivity contribution in [3.05, 3.63) is 0 Å². The zero-order valence-corrected chi connectivity index (χ0v) is 44.8. The first-order valence-corrected chi connectivity index (χ1v) is 26.5. The fourth-order valence-electron chi connectivity index (χ4n) is 10.2. The number of hydrogen-bond donors (Lipinski definition) is 24. The number of aliphatic hydroxyl groups is 22. The molecule has 6 aliphatic rings. The first-order valence-electron chi connectivity index (χ1n) is 26.5. The van der Waals surface area contributed by atoms with Crippen molar-refractivity contribution in [1.29, 1.82) is 0 Å². The van der Waals surface area contributed by atoms with Gasteiger partial charge in [-0.3, -0.25) is 9.59 Å². The third kappa shape index (κ3) is 15.9. The van der Waals surface area contributed by atoms with Crippen molar-refractivity contribution in [2.75, 3.05) is 52.9 Å². The third-order valence-corrected chi connectivity index (χ3v) is 15.0. The molecule has 6 rings (SSSR count). The second kappa shape index (κ2) is 31.4. The minimum absolute atomic E-state index is 0.764. The van der Waals surface area contributed by atoms with Gasteiger partial charge < -0.3 is 180 Å².